The van der Waals surface area contributed by atoms with E-state index >= 15 is 0 Å². The molecule has 2 aromatic carbocycles. The van der Waals surface area contributed by atoms with Crippen LogP contribution >= 0.6 is 11.8 Å². The van der Waals surface area contributed by atoms with Crippen molar-refractivity contribution in [2.75, 3.05) is 11.5 Å². The summed E-state index contributed by atoms with van der Waals surface area (Å²) in [4.78, 5) is 8.60. The molecule has 0 bridgehead atoms. The molecule has 156 valence electrons. The molecule has 30 heavy (non-hydrogen) atoms. The topological polar surface area (TPSA) is 90.5 Å². The zero-order chi connectivity index (χ0) is 20.9. The molecule has 6 nitrogen and oxygen atoms in total. The van der Waals surface area contributed by atoms with Gasteiger partial charge in [-0.2, -0.15) is 0 Å². The summed E-state index contributed by atoms with van der Waals surface area (Å²) in [5.74, 6) is 0.817. The van der Waals surface area contributed by atoms with Crippen molar-refractivity contribution in [3.8, 4) is 0 Å². The quantitative estimate of drug-likeness (QED) is 0.350. The Hall–Kier alpha value is -2.45. The first-order valence-electron chi connectivity index (χ1n) is 9.90. The molecule has 4 rings (SSSR count). The number of ether oxygens (including phenoxy) is 2. The minimum atomic E-state index is -0.519. The Morgan fingerprint density at radius 2 is 1.77 bits per heavy atom. The highest BCUT2D eigenvalue weighted by atomic mass is 32.2. The van der Waals surface area contributed by atoms with Crippen LogP contribution in [-0.2, 0) is 16.1 Å². The molecule has 0 radical (unpaired) electrons. The lowest BCUT2D eigenvalue weighted by Crippen LogP contribution is -2.38. The number of rotatable bonds is 6. The fourth-order valence-corrected chi connectivity index (χ4v) is 4.50. The maximum atomic E-state index is 9.35. The summed E-state index contributed by atoms with van der Waals surface area (Å²) in [5.41, 5.74) is 9.48. The Morgan fingerprint density at radius 1 is 1.00 bits per heavy atom. The predicted molar refractivity (Wildman–Crippen MR) is 117 cm³/mol. The number of aromatic nitrogens is 2. The summed E-state index contributed by atoms with van der Waals surface area (Å²) in [6.07, 6.45) is 2.74. The maximum absolute atomic E-state index is 9.35. The Bertz CT molecular complexity index is 955. The molecule has 1 aromatic heterocycles. The molecule has 3 N–H and O–H groups in total. The minimum absolute atomic E-state index is 0.0206. The molecule has 1 aliphatic rings. The van der Waals surface area contributed by atoms with Crippen LogP contribution in [0, 0.1) is 5.92 Å². The molecule has 1 saturated heterocycles. The van der Waals surface area contributed by atoms with Crippen LogP contribution in [0.15, 0.2) is 72.1 Å². The van der Waals surface area contributed by atoms with Crippen molar-refractivity contribution >= 4 is 17.4 Å². The molecule has 4 atom stereocenters. The first-order valence-corrected chi connectivity index (χ1v) is 10.9. The van der Waals surface area contributed by atoms with Crippen molar-refractivity contribution in [2.45, 2.75) is 37.2 Å². The highest BCUT2D eigenvalue weighted by Gasteiger charge is 2.38. The zero-order valence-corrected chi connectivity index (χ0v) is 17.5. The van der Waals surface area contributed by atoms with E-state index in [1.165, 1.54) is 0 Å². The highest BCUT2D eigenvalue weighted by Crippen LogP contribution is 2.42. The predicted octanol–water partition coefficient (Wildman–Crippen LogP) is 4.13. The Labute approximate surface area is 180 Å². The molecule has 2 heterocycles. The van der Waals surface area contributed by atoms with E-state index in [0.717, 1.165) is 21.8 Å². The summed E-state index contributed by atoms with van der Waals surface area (Å²) in [5, 5.41) is 10.1. The molecule has 0 saturated carbocycles. The first kappa shape index (κ1) is 20.8. The third kappa shape index (κ3) is 4.82. The van der Waals surface area contributed by atoms with E-state index in [1.54, 1.807) is 30.2 Å². The number of benzene rings is 2. The average molecular weight is 424 g/mol. The summed E-state index contributed by atoms with van der Waals surface area (Å²) >= 11 is 1.57. The van der Waals surface area contributed by atoms with Crippen LogP contribution in [0.1, 0.15) is 36.0 Å². The van der Waals surface area contributed by atoms with Crippen molar-refractivity contribution in [1.29, 1.82) is 0 Å². The van der Waals surface area contributed by atoms with Crippen LogP contribution in [0.4, 0.5) is 5.69 Å². The van der Waals surface area contributed by atoms with Gasteiger partial charge in [0.2, 0.25) is 0 Å². The summed E-state index contributed by atoms with van der Waals surface area (Å²) < 4.78 is 12.8. The van der Waals surface area contributed by atoms with Gasteiger partial charge in [0, 0.05) is 35.3 Å². The van der Waals surface area contributed by atoms with E-state index in [0.29, 0.717) is 11.4 Å². The van der Waals surface area contributed by atoms with Gasteiger partial charge >= 0.3 is 0 Å². The average Bonchev–Trinajstić information content (AvgIpc) is 2.79. The Balaban J connectivity index is 1.59. The van der Waals surface area contributed by atoms with Crippen LogP contribution in [0.25, 0.3) is 0 Å². The number of hydrogen-bond acceptors (Lipinski definition) is 7. The SMILES string of the molecule is C[C@H]1[C@@H](CSc2ncccn2)O[C@@H](c2cccc(N)c2)O[C@H]1c1ccc(CO)cc1. The smallest absolute Gasteiger partial charge is 0.187 e. The molecule has 0 spiro atoms. The van der Waals surface area contributed by atoms with Crippen LogP contribution in [0.3, 0.4) is 0 Å². The van der Waals surface area contributed by atoms with Gasteiger partial charge in [-0.25, -0.2) is 9.97 Å². The summed E-state index contributed by atoms with van der Waals surface area (Å²) in [6.45, 7) is 2.16. The van der Waals surface area contributed by atoms with Gasteiger partial charge < -0.3 is 20.3 Å². The molecule has 0 amide bonds. The lowest BCUT2D eigenvalue weighted by atomic mass is 9.91. The number of nitrogens with two attached hydrogens (primary N) is 1. The molecule has 7 heteroatoms. The van der Waals surface area contributed by atoms with Gasteiger partial charge in [0.1, 0.15) is 0 Å². The normalized spacial score (nSPS) is 23.9. The third-order valence-corrected chi connectivity index (χ3v) is 6.19. The lowest BCUT2D eigenvalue weighted by molar-refractivity contribution is -0.268. The van der Waals surface area contributed by atoms with E-state index in [2.05, 4.69) is 16.9 Å². The van der Waals surface area contributed by atoms with E-state index in [9.17, 15) is 5.11 Å². The number of nitrogen functional groups attached to an aromatic ring is 1. The monoisotopic (exact) mass is 423 g/mol. The summed E-state index contributed by atoms with van der Waals surface area (Å²) in [7, 11) is 0. The van der Waals surface area contributed by atoms with Crippen LogP contribution in [0.2, 0.25) is 0 Å². The molecule has 0 unspecified atom stereocenters. The third-order valence-electron chi connectivity index (χ3n) is 5.23. The molecule has 0 aliphatic carbocycles. The Kier molecular flexibility index (Phi) is 6.64. The minimum Gasteiger partial charge on any atom is -0.399 e. The van der Waals surface area contributed by atoms with E-state index < -0.39 is 6.29 Å². The van der Waals surface area contributed by atoms with Gasteiger partial charge in [0.15, 0.2) is 11.4 Å². The van der Waals surface area contributed by atoms with Gasteiger partial charge in [-0.3, -0.25) is 0 Å². The number of anilines is 1. The second-order valence-corrected chi connectivity index (χ2v) is 8.32. The molecular formula is C23H25N3O3S. The van der Waals surface area contributed by atoms with E-state index in [-0.39, 0.29) is 24.7 Å². The lowest BCUT2D eigenvalue weighted by Gasteiger charge is -2.41. The van der Waals surface area contributed by atoms with Crippen LogP contribution in [0.5, 0.6) is 0 Å². The van der Waals surface area contributed by atoms with E-state index in [1.807, 2.05) is 48.5 Å². The standard InChI is InChI=1S/C23H25N3O3S/c1-15-20(14-30-23-25-10-3-11-26-23)28-22(18-4-2-5-19(24)12-18)29-21(15)17-8-6-16(13-27)7-9-17/h2-12,15,20-22,27H,13-14,24H2,1H3/t15-,20+,21+,22+/m0/s1. The van der Waals surface area contributed by atoms with E-state index in [4.69, 9.17) is 15.2 Å². The molecule has 1 aliphatic heterocycles. The van der Waals surface area contributed by atoms with Crippen molar-refractivity contribution in [1.82, 2.24) is 9.97 Å². The van der Waals surface area contributed by atoms with Crippen molar-refractivity contribution in [3.05, 3.63) is 83.7 Å². The first-order chi connectivity index (χ1) is 14.6. The highest BCUT2D eigenvalue weighted by molar-refractivity contribution is 7.99. The number of aliphatic hydroxyl groups excluding tert-OH is 1. The fourth-order valence-electron chi connectivity index (χ4n) is 3.53. The number of thioether (sulfide) groups is 1. The van der Waals surface area contributed by atoms with Crippen molar-refractivity contribution < 1.29 is 14.6 Å². The van der Waals surface area contributed by atoms with Crippen LogP contribution < -0.4 is 5.73 Å². The van der Waals surface area contributed by atoms with Gasteiger partial charge in [-0.15, -0.1) is 0 Å². The Morgan fingerprint density at radius 3 is 2.47 bits per heavy atom. The number of aliphatic hydroxyl groups is 1. The summed E-state index contributed by atoms with van der Waals surface area (Å²) in [6, 6.07) is 17.3. The van der Waals surface area contributed by atoms with Crippen LogP contribution in [-0.4, -0.2) is 26.9 Å². The largest absolute Gasteiger partial charge is 0.399 e. The van der Waals surface area contributed by atoms with Gasteiger partial charge in [-0.05, 0) is 29.3 Å². The number of nitrogens with zero attached hydrogens (tertiary/aromatic N) is 2. The molecule has 1 fully saturated rings. The molecule has 3 aromatic rings. The number of hydrogen-bond donors (Lipinski definition) is 2. The zero-order valence-electron chi connectivity index (χ0n) is 16.7. The maximum Gasteiger partial charge on any atom is 0.187 e. The van der Waals surface area contributed by atoms with Gasteiger partial charge in [0.25, 0.3) is 0 Å². The van der Waals surface area contributed by atoms with Gasteiger partial charge in [0.05, 0.1) is 18.8 Å². The van der Waals surface area contributed by atoms with Crippen molar-refractivity contribution in [3.63, 3.8) is 0 Å². The second-order valence-electron chi connectivity index (χ2n) is 7.33. The fraction of sp³-hybridized carbons (Fsp3) is 0.304. The van der Waals surface area contributed by atoms with Gasteiger partial charge in [-0.1, -0.05) is 55.1 Å². The van der Waals surface area contributed by atoms with Crippen molar-refractivity contribution in [2.24, 2.45) is 5.92 Å². The molecular weight excluding hydrogens is 398 g/mol. The second kappa shape index (κ2) is 9.57.